The lowest BCUT2D eigenvalue weighted by molar-refractivity contribution is -0.115. The van der Waals surface area contributed by atoms with Crippen molar-refractivity contribution in [3.63, 3.8) is 0 Å². The van der Waals surface area contributed by atoms with Crippen LogP contribution >= 0.6 is 11.8 Å². The Hall–Kier alpha value is -3.12. The van der Waals surface area contributed by atoms with Crippen LogP contribution in [0.5, 0.6) is 0 Å². The van der Waals surface area contributed by atoms with Gasteiger partial charge in [0.2, 0.25) is 5.91 Å². The Bertz CT molecular complexity index is 1200. The Kier molecular flexibility index (Phi) is 4.18. The monoisotopic (exact) mass is 361 g/mol. The van der Waals surface area contributed by atoms with Crippen molar-refractivity contribution < 1.29 is 4.79 Å². The van der Waals surface area contributed by atoms with Crippen molar-refractivity contribution in [2.24, 2.45) is 5.73 Å². The zero-order chi connectivity index (χ0) is 18.1. The topological polar surface area (TPSA) is 78.0 Å². The van der Waals surface area contributed by atoms with Gasteiger partial charge in [0, 0.05) is 5.39 Å². The van der Waals surface area contributed by atoms with Gasteiger partial charge in [0.05, 0.1) is 22.3 Å². The zero-order valence-electron chi connectivity index (χ0n) is 13.8. The highest BCUT2D eigenvalue weighted by Crippen LogP contribution is 2.26. The maximum atomic E-state index is 13.2. The summed E-state index contributed by atoms with van der Waals surface area (Å²) in [6.45, 7) is 0. The first-order valence-electron chi connectivity index (χ1n) is 8.06. The summed E-state index contributed by atoms with van der Waals surface area (Å²) in [5.74, 6) is -0.405. The molecule has 0 unspecified atom stereocenters. The molecule has 0 aliphatic rings. The van der Waals surface area contributed by atoms with Crippen LogP contribution in [0.4, 0.5) is 0 Å². The van der Waals surface area contributed by atoms with Crippen molar-refractivity contribution in [1.82, 2.24) is 9.55 Å². The Morgan fingerprint density at radius 3 is 2.46 bits per heavy atom. The van der Waals surface area contributed by atoms with E-state index in [1.165, 1.54) is 0 Å². The highest BCUT2D eigenvalue weighted by atomic mass is 32.2. The number of fused-ring (bicyclic) bond motifs is 2. The van der Waals surface area contributed by atoms with Crippen LogP contribution in [0.3, 0.4) is 0 Å². The smallest absolute Gasteiger partial charge is 0.266 e. The first-order valence-corrected chi connectivity index (χ1v) is 9.05. The number of hydrogen-bond acceptors (Lipinski definition) is 4. The van der Waals surface area contributed by atoms with E-state index < -0.39 is 5.91 Å². The van der Waals surface area contributed by atoms with E-state index in [4.69, 9.17) is 5.73 Å². The van der Waals surface area contributed by atoms with Gasteiger partial charge in [-0.3, -0.25) is 14.2 Å². The maximum absolute atomic E-state index is 13.2. The second kappa shape index (κ2) is 6.65. The number of hydrogen-bond donors (Lipinski definition) is 1. The minimum atomic E-state index is -0.457. The maximum Gasteiger partial charge on any atom is 0.266 e. The number of benzene rings is 3. The van der Waals surface area contributed by atoms with Crippen molar-refractivity contribution in [2.45, 2.75) is 5.16 Å². The van der Waals surface area contributed by atoms with Gasteiger partial charge in [-0.05, 0) is 23.6 Å². The van der Waals surface area contributed by atoms with Crippen molar-refractivity contribution in [3.8, 4) is 5.69 Å². The Balaban J connectivity index is 2.06. The fraction of sp³-hybridized carbons (Fsp3) is 0.0500. The van der Waals surface area contributed by atoms with Gasteiger partial charge in [-0.15, -0.1) is 0 Å². The predicted octanol–water partition coefficient (Wildman–Crippen LogP) is 3.12. The highest BCUT2D eigenvalue weighted by Gasteiger charge is 2.15. The third kappa shape index (κ3) is 2.84. The molecule has 1 aromatic heterocycles. The number of thioether (sulfide) groups is 1. The number of primary amides is 1. The summed E-state index contributed by atoms with van der Waals surface area (Å²) in [5, 5.41) is 2.94. The molecule has 128 valence electrons. The molecule has 5 nitrogen and oxygen atoms in total. The summed E-state index contributed by atoms with van der Waals surface area (Å²) in [5.41, 5.74) is 6.46. The molecule has 4 rings (SSSR count). The molecule has 0 saturated heterocycles. The number of carbonyl (C=O) groups is 1. The molecule has 0 saturated carbocycles. The van der Waals surface area contributed by atoms with Gasteiger partial charge in [0.15, 0.2) is 5.16 Å². The summed E-state index contributed by atoms with van der Waals surface area (Å²) in [4.78, 5) is 29.1. The van der Waals surface area contributed by atoms with Crippen LogP contribution in [0.2, 0.25) is 0 Å². The highest BCUT2D eigenvalue weighted by molar-refractivity contribution is 7.99. The number of carbonyl (C=O) groups excluding carboxylic acids is 1. The quantitative estimate of drug-likeness (QED) is 0.447. The first kappa shape index (κ1) is 16.4. The number of nitrogens with two attached hydrogens (primary N) is 1. The Morgan fingerprint density at radius 1 is 0.962 bits per heavy atom. The van der Waals surface area contributed by atoms with E-state index in [2.05, 4.69) is 4.98 Å². The second-order valence-corrected chi connectivity index (χ2v) is 6.75. The average Bonchev–Trinajstić information content (AvgIpc) is 2.66. The largest absolute Gasteiger partial charge is 0.369 e. The number of aromatic nitrogens is 2. The van der Waals surface area contributed by atoms with Gasteiger partial charge in [-0.2, -0.15) is 0 Å². The third-order valence-corrected chi connectivity index (χ3v) is 5.06. The molecule has 0 radical (unpaired) electrons. The predicted molar refractivity (Wildman–Crippen MR) is 105 cm³/mol. The van der Waals surface area contributed by atoms with Gasteiger partial charge in [0.25, 0.3) is 5.56 Å². The van der Waals surface area contributed by atoms with E-state index in [1.54, 1.807) is 16.7 Å². The zero-order valence-corrected chi connectivity index (χ0v) is 14.6. The normalized spacial score (nSPS) is 11.1. The van der Waals surface area contributed by atoms with Gasteiger partial charge >= 0.3 is 0 Å². The summed E-state index contributed by atoms with van der Waals surface area (Å²) < 4.78 is 1.57. The molecule has 0 bridgehead atoms. The summed E-state index contributed by atoms with van der Waals surface area (Å²) in [6, 6.07) is 20.8. The van der Waals surface area contributed by atoms with Crippen LogP contribution in [-0.2, 0) is 4.79 Å². The molecular weight excluding hydrogens is 346 g/mol. The first-order chi connectivity index (χ1) is 12.6. The summed E-state index contributed by atoms with van der Waals surface area (Å²) in [7, 11) is 0. The van der Waals surface area contributed by atoms with Crippen LogP contribution in [-0.4, -0.2) is 21.2 Å². The standard InChI is InChI=1S/C20H15N3O2S/c21-18(24)12-26-20-22-16-10-4-3-9-15(16)19(25)23(20)17-11-5-7-13-6-1-2-8-14(13)17/h1-11H,12H2,(H2,21,24). The van der Waals surface area contributed by atoms with Crippen molar-refractivity contribution in [3.05, 3.63) is 77.1 Å². The molecule has 26 heavy (non-hydrogen) atoms. The van der Waals surface area contributed by atoms with Crippen LogP contribution in [0.15, 0.2) is 76.7 Å². The van der Waals surface area contributed by atoms with E-state index in [9.17, 15) is 9.59 Å². The van der Waals surface area contributed by atoms with E-state index in [1.807, 2.05) is 54.6 Å². The molecule has 4 aromatic rings. The molecule has 6 heteroatoms. The minimum Gasteiger partial charge on any atom is -0.369 e. The molecule has 2 N–H and O–H groups in total. The van der Waals surface area contributed by atoms with Gasteiger partial charge in [-0.25, -0.2) is 4.98 Å². The third-order valence-electron chi connectivity index (χ3n) is 4.10. The second-order valence-electron chi connectivity index (χ2n) is 5.81. The molecule has 0 fully saturated rings. The van der Waals surface area contributed by atoms with Gasteiger partial charge in [0.1, 0.15) is 0 Å². The lowest BCUT2D eigenvalue weighted by Gasteiger charge is -2.14. The van der Waals surface area contributed by atoms with E-state index >= 15 is 0 Å². The van der Waals surface area contributed by atoms with Crippen LogP contribution < -0.4 is 11.3 Å². The Labute approximate surface area is 153 Å². The van der Waals surface area contributed by atoms with E-state index in [0.29, 0.717) is 16.1 Å². The number of rotatable bonds is 4. The number of para-hydroxylation sites is 1. The van der Waals surface area contributed by atoms with Gasteiger partial charge in [-0.1, -0.05) is 60.3 Å². The molecule has 0 aliphatic carbocycles. The molecule has 3 aromatic carbocycles. The molecule has 0 aliphatic heterocycles. The minimum absolute atomic E-state index is 0.0511. The Morgan fingerprint density at radius 2 is 1.65 bits per heavy atom. The fourth-order valence-corrected chi connectivity index (χ4v) is 3.71. The fourth-order valence-electron chi connectivity index (χ4n) is 2.96. The van der Waals surface area contributed by atoms with Crippen molar-refractivity contribution in [2.75, 3.05) is 5.75 Å². The van der Waals surface area contributed by atoms with Gasteiger partial charge < -0.3 is 5.73 Å². The SMILES string of the molecule is NC(=O)CSc1nc2ccccc2c(=O)n1-c1cccc2ccccc12. The number of amides is 1. The van der Waals surface area contributed by atoms with Crippen LogP contribution in [0.25, 0.3) is 27.4 Å². The molecule has 0 spiro atoms. The molecule has 1 amide bonds. The summed E-state index contributed by atoms with van der Waals surface area (Å²) in [6.07, 6.45) is 0. The van der Waals surface area contributed by atoms with Crippen LogP contribution in [0, 0.1) is 0 Å². The van der Waals surface area contributed by atoms with E-state index in [-0.39, 0.29) is 11.3 Å². The molecule has 1 heterocycles. The number of nitrogens with zero attached hydrogens (tertiary/aromatic N) is 2. The lowest BCUT2D eigenvalue weighted by atomic mass is 10.1. The summed E-state index contributed by atoms with van der Waals surface area (Å²) >= 11 is 1.16. The van der Waals surface area contributed by atoms with Crippen LogP contribution in [0.1, 0.15) is 0 Å². The van der Waals surface area contributed by atoms with Crippen molar-refractivity contribution in [1.29, 1.82) is 0 Å². The molecular formula is C20H15N3O2S. The lowest BCUT2D eigenvalue weighted by Crippen LogP contribution is -2.23. The average molecular weight is 361 g/mol. The molecule has 0 atom stereocenters. The van der Waals surface area contributed by atoms with E-state index in [0.717, 1.165) is 28.2 Å². The van der Waals surface area contributed by atoms with Crippen molar-refractivity contribution >= 4 is 39.3 Å².